The molecule has 0 saturated carbocycles. The van der Waals surface area contributed by atoms with Gasteiger partial charge in [0, 0.05) is 10.6 Å². The van der Waals surface area contributed by atoms with Crippen LogP contribution >= 0.6 is 23.2 Å². The van der Waals surface area contributed by atoms with E-state index >= 15 is 0 Å². The van der Waals surface area contributed by atoms with Crippen LogP contribution in [0.25, 0.3) is 0 Å². The minimum Gasteiger partial charge on any atom is -0.478 e. The highest BCUT2D eigenvalue weighted by Crippen LogP contribution is 2.28. The Hall–Kier alpha value is -1.24. The third-order valence-corrected chi connectivity index (χ3v) is 2.46. The number of rotatable bonds is 2. The molecule has 0 bridgehead atoms. The van der Waals surface area contributed by atoms with Crippen molar-refractivity contribution in [1.29, 1.82) is 5.26 Å². The van der Waals surface area contributed by atoms with E-state index in [9.17, 15) is 4.79 Å². The molecule has 0 aliphatic heterocycles. The molecule has 0 aliphatic carbocycles. The smallest absolute Gasteiger partial charge is 0.337 e. The average molecular weight is 230 g/mol. The summed E-state index contributed by atoms with van der Waals surface area (Å²) >= 11 is 11.5. The number of halogens is 2. The van der Waals surface area contributed by atoms with E-state index in [2.05, 4.69) is 0 Å². The minimum atomic E-state index is -1.13. The van der Waals surface area contributed by atoms with Crippen molar-refractivity contribution in [3.63, 3.8) is 0 Å². The maximum atomic E-state index is 10.7. The zero-order valence-electron chi connectivity index (χ0n) is 6.92. The van der Waals surface area contributed by atoms with Crippen LogP contribution in [-0.2, 0) is 6.42 Å². The second-order valence-corrected chi connectivity index (χ2v) is 3.31. The van der Waals surface area contributed by atoms with Crippen LogP contribution in [0.5, 0.6) is 0 Å². The van der Waals surface area contributed by atoms with Crippen molar-refractivity contribution in [2.24, 2.45) is 0 Å². The number of nitriles is 1. The molecule has 0 unspecified atom stereocenters. The summed E-state index contributed by atoms with van der Waals surface area (Å²) in [6.07, 6.45) is -0.00120. The molecule has 5 heteroatoms. The van der Waals surface area contributed by atoms with E-state index < -0.39 is 5.97 Å². The fraction of sp³-hybridized carbons (Fsp3) is 0.111. The van der Waals surface area contributed by atoms with Gasteiger partial charge in [-0.15, -0.1) is 0 Å². The number of carboxylic acids is 1. The minimum absolute atomic E-state index is 0.00120. The number of hydrogen-bond donors (Lipinski definition) is 1. The van der Waals surface area contributed by atoms with Gasteiger partial charge in [0.25, 0.3) is 0 Å². The van der Waals surface area contributed by atoms with Crippen molar-refractivity contribution in [3.8, 4) is 6.07 Å². The molecular weight excluding hydrogens is 225 g/mol. The SMILES string of the molecule is N#CCc1c(Cl)ccc(C(=O)O)c1Cl. The van der Waals surface area contributed by atoms with Gasteiger partial charge in [-0.1, -0.05) is 23.2 Å². The fourth-order valence-electron chi connectivity index (χ4n) is 1.00. The van der Waals surface area contributed by atoms with Crippen molar-refractivity contribution in [2.45, 2.75) is 6.42 Å². The summed E-state index contributed by atoms with van der Waals surface area (Å²) in [4.78, 5) is 10.7. The van der Waals surface area contributed by atoms with Crippen molar-refractivity contribution in [1.82, 2.24) is 0 Å². The van der Waals surface area contributed by atoms with Gasteiger partial charge in [0.15, 0.2) is 0 Å². The van der Waals surface area contributed by atoms with Crippen LogP contribution in [0, 0.1) is 11.3 Å². The highest BCUT2D eigenvalue weighted by molar-refractivity contribution is 6.37. The number of nitrogens with zero attached hydrogens (tertiary/aromatic N) is 1. The fourth-order valence-corrected chi connectivity index (χ4v) is 1.59. The van der Waals surface area contributed by atoms with Gasteiger partial charge >= 0.3 is 5.97 Å². The van der Waals surface area contributed by atoms with E-state index in [0.717, 1.165) is 0 Å². The second kappa shape index (κ2) is 4.32. The van der Waals surface area contributed by atoms with E-state index in [0.29, 0.717) is 10.6 Å². The van der Waals surface area contributed by atoms with Crippen molar-refractivity contribution in [3.05, 3.63) is 33.3 Å². The molecule has 3 nitrogen and oxygen atoms in total. The van der Waals surface area contributed by atoms with Gasteiger partial charge in [-0.25, -0.2) is 4.79 Å². The lowest BCUT2D eigenvalue weighted by atomic mass is 10.1. The Kier molecular flexibility index (Phi) is 3.34. The van der Waals surface area contributed by atoms with Crippen LogP contribution < -0.4 is 0 Å². The maximum absolute atomic E-state index is 10.7. The van der Waals surface area contributed by atoms with E-state index in [1.807, 2.05) is 6.07 Å². The molecule has 0 fully saturated rings. The predicted octanol–water partition coefficient (Wildman–Crippen LogP) is 2.76. The molecule has 72 valence electrons. The van der Waals surface area contributed by atoms with Gasteiger partial charge in [0.2, 0.25) is 0 Å². The standard InChI is InChI=1S/C9H5Cl2NO2/c10-7-2-1-6(9(13)14)8(11)5(7)3-4-12/h1-2H,3H2,(H,13,14). The Labute approximate surface area is 90.5 Å². The predicted molar refractivity (Wildman–Crippen MR) is 52.7 cm³/mol. The molecule has 0 spiro atoms. The summed E-state index contributed by atoms with van der Waals surface area (Å²) in [7, 11) is 0. The Bertz CT molecular complexity index is 424. The number of carboxylic acid groups (broad SMARTS) is 1. The molecule has 1 rings (SSSR count). The van der Waals surface area contributed by atoms with Crippen LogP contribution in [0.1, 0.15) is 15.9 Å². The Morgan fingerprint density at radius 2 is 2.14 bits per heavy atom. The van der Waals surface area contributed by atoms with E-state index in [-0.39, 0.29) is 17.0 Å². The van der Waals surface area contributed by atoms with Crippen molar-refractivity contribution in [2.75, 3.05) is 0 Å². The Balaban J connectivity index is 3.35. The normalized spacial score (nSPS) is 9.50. The van der Waals surface area contributed by atoms with Crippen LogP contribution in [0.3, 0.4) is 0 Å². The van der Waals surface area contributed by atoms with Crippen molar-refractivity contribution >= 4 is 29.2 Å². The van der Waals surface area contributed by atoms with Gasteiger partial charge in [-0.2, -0.15) is 5.26 Å². The first kappa shape index (κ1) is 10.8. The number of aromatic carboxylic acids is 1. The largest absolute Gasteiger partial charge is 0.478 e. The molecule has 0 atom stereocenters. The third-order valence-electron chi connectivity index (χ3n) is 1.67. The molecule has 0 aromatic heterocycles. The van der Waals surface area contributed by atoms with E-state index in [1.165, 1.54) is 12.1 Å². The molecule has 0 heterocycles. The van der Waals surface area contributed by atoms with E-state index in [1.54, 1.807) is 0 Å². The first-order valence-corrected chi connectivity index (χ1v) is 4.40. The van der Waals surface area contributed by atoms with Gasteiger partial charge in [-0.3, -0.25) is 0 Å². The monoisotopic (exact) mass is 229 g/mol. The first-order chi connectivity index (χ1) is 6.57. The lowest BCUT2D eigenvalue weighted by molar-refractivity contribution is 0.0697. The van der Waals surface area contributed by atoms with Gasteiger partial charge in [-0.05, 0) is 12.1 Å². The number of benzene rings is 1. The highest BCUT2D eigenvalue weighted by atomic mass is 35.5. The zero-order valence-corrected chi connectivity index (χ0v) is 8.43. The zero-order chi connectivity index (χ0) is 10.7. The molecule has 0 saturated heterocycles. The lowest BCUT2D eigenvalue weighted by Gasteiger charge is -2.05. The van der Waals surface area contributed by atoms with Gasteiger partial charge < -0.3 is 5.11 Å². The van der Waals surface area contributed by atoms with Gasteiger partial charge in [0.05, 0.1) is 23.1 Å². The van der Waals surface area contributed by atoms with Crippen LogP contribution in [0.2, 0.25) is 10.0 Å². The molecule has 14 heavy (non-hydrogen) atoms. The van der Waals surface area contributed by atoms with Crippen molar-refractivity contribution < 1.29 is 9.90 Å². The summed E-state index contributed by atoms with van der Waals surface area (Å²) in [5.74, 6) is -1.13. The summed E-state index contributed by atoms with van der Waals surface area (Å²) in [5.41, 5.74) is 0.317. The molecule has 0 amide bonds. The number of hydrogen-bond acceptors (Lipinski definition) is 2. The van der Waals surface area contributed by atoms with Crippen LogP contribution in [-0.4, -0.2) is 11.1 Å². The summed E-state index contributed by atoms with van der Waals surface area (Å²) in [6.45, 7) is 0. The molecule has 1 aromatic rings. The topological polar surface area (TPSA) is 61.1 Å². The third kappa shape index (κ3) is 1.98. The molecule has 1 N–H and O–H groups in total. The molecular formula is C9H5Cl2NO2. The molecule has 0 radical (unpaired) electrons. The second-order valence-electron chi connectivity index (χ2n) is 2.53. The van der Waals surface area contributed by atoms with Crippen LogP contribution in [0.4, 0.5) is 0 Å². The quantitative estimate of drug-likeness (QED) is 0.849. The summed E-state index contributed by atoms with van der Waals surface area (Å²) in [5, 5.41) is 17.6. The summed E-state index contributed by atoms with van der Waals surface area (Å²) < 4.78 is 0. The lowest BCUT2D eigenvalue weighted by Crippen LogP contribution is -2.00. The highest BCUT2D eigenvalue weighted by Gasteiger charge is 2.14. The number of carbonyl (C=O) groups is 1. The Morgan fingerprint density at radius 3 is 2.64 bits per heavy atom. The average Bonchev–Trinajstić information content (AvgIpc) is 2.11. The van der Waals surface area contributed by atoms with E-state index in [4.69, 9.17) is 33.6 Å². The van der Waals surface area contributed by atoms with Gasteiger partial charge in [0.1, 0.15) is 0 Å². The van der Waals surface area contributed by atoms with Crippen LogP contribution in [0.15, 0.2) is 12.1 Å². The Morgan fingerprint density at radius 1 is 1.50 bits per heavy atom. The molecule has 0 aliphatic rings. The summed E-state index contributed by atoms with van der Waals surface area (Å²) in [6, 6.07) is 4.60. The first-order valence-electron chi connectivity index (χ1n) is 3.65. The molecule has 1 aromatic carbocycles. The maximum Gasteiger partial charge on any atom is 0.337 e.